The van der Waals surface area contributed by atoms with E-state index in [1.165, 1.54) is 25.8 Å². The van der Waals surface area contributed by atoms with E-state index < -0.39 is 0 Å². The van der Waals surface area contributed by atoms with Gasteiger partial charge in [0, 0.05) is 17.1 Å². The molecule has 0 saturated heterocycles. The molecule has 0 aromatic heterocycles. The first-order valence-electron chi connectivity index (χ1n) is 7.27. The van der Waals surface area contributed by atoms with E-state index >= 15 is 0 Å². The van der Waals surface area contributed by atoms with Crippen LogP contribution in [0.1, 0.15) is 33.1 Å². The maximum atomic E-state index is 5.83. The van der Waals surface area contributed by atoms with Crippen molar-refractivity contribution in [1.82, 2.24) is 4.90 Å². The summed E-state index contributed by atoms with van der Waals surface area (Å²) in [6.45, 7) is 7.63. The molecule has 1 aromatic carbocycles. The summed E-state index contributed by atoms with van der Waals surface area (Å²) in [5, 5.41) is 0. The van der Waals surface area contributed by atoms with E-state index in [4.69, 9.17) is 4.74 Å². The van der Waals surface area contributed by atoms with Gasteiger partial charge in [0.1, 0.15) is 12.4 Å². The molecule has 19 heavy (non-hydrogen) atoms. The number of hydrogen-bond acceptors (Lipinski definition) is 2. The second-order valence-corrected chi connectivity index (χ2v) is 6.67. The molecule has 0 amide bonds. The van der Waals surface area contributed by atoms with E-state index in [9.17, 15) is 0 Å². The maximum absolute atomic E-state index is 5.83. The maximum Gasteiger partial charge on any atom is 0.120 e. The normalized spacial score (nSPS) is 15.2. The molecule has 0 radical (unpaired) electrons. The Labute approximate surface area is 125 Å². The Morgan fingerprint density at radius 1 is 1.32 bits per heavy atom. The quantitative estimate of drug-likeness (QED) is 0.705. The summed E-state index contributed by atoms with van der Waals surface area (Å²) >= 11 is 3.47. The van der Waals surface area contributed by atoms with Gasteiger partial charge >= 0.3 is 0 Å². The number of halogens is 1. The topological polar surface area (TPSA) is 12.5 Å². The molecule has 106 valence electrons. The third kappa shape index (κ3) is 5.53. The van der Waals surface area contributed by atoms with Crippen LogP contribution in [0.15, 0.2) is 28.7 Å². The summed E-state index contributed by atoms with van der Waals surface area (Å²) in [4.78, 5) is 2.60. The Balaban J connectivity index is 1.73. The molecular formula is C16H24BrNO. The van der Waals surface area contributed by atoms with E-state index in [-0.39, 0.29) is 0 Å². The molecule has 0 atom stereocenters. The Morgan fingerprint density at radius 2 is 2.11 bits per heavy atom. The molecule has 1 aliphatic carbocycles. The van der Waals surface area contributed by atoms with Crippen molar-refractivity contribution < 1.29 is 4.74 Å². The molecule has 0 spiro atoms. The van der Waals surface area contributed by atoms with Gasteiger partial charge in [0.25, 0.3) is 0 Å². The summed E-state index contributed by atoms with van der Waals surface area (Å²) in [6.07, 6.45) is 4.03. The van der Waals surface area contributed by atoms with E-state index in [0.717, 1.165) is 35.3 Å². The third-order valence-corrected chi connectivity index (χ3v) is 3.99. The predicted octanol–water partition coefficient (Wildman–Crippen LogP) is 4.34. The van der Waals surface area contributed by atoms with Crippen LogP contribution < -0.4 is 4.74 Å². The van der Waals surface area contributed by atoms with Crippen LogP contribution in [0.5, 0.6) is 5.75 Å². The van der Waals surface area contributed by atoms with Gasteiger partial charge in [-0.15, -0.1) is 0 Å². The molecule has 0 heterocycles. The molecule has 2 nitrogen and oxygen atoms in total. The van der Waals surface area contributed by atoms with E-state index in [0.29, 0.717) is 0 Å². The minimum Gasteiger partial charge on any atom is -0.492 e. The lowest BCUT2D eigenvalue weighted by molar-refractivity contribution is 0.194. The van der Waals surface area contributed by atoms with Crippen LogP contribution in [0.4, 0.5) is 0 Å². The zero-order chi connectivity index (χ0) is 13.7. The lowest BCUT2D eigenvalue weighted by Crippen LogP contribution is -2.32. The summed E-state index contributed by atoms with van der Waals surface area (Å²) in [5.74, 6) is 1.74. The molecule has 1 aromatic rings. The molecular weight excluding hydrogens is 302 g/mol. The second-order valence-electron chi connectivity index (χ2n) is 5.76. The monoisotopic (exact) mass is 325 g/mol. The summed E-state index contributed by atoms with van der Waals surface area (Å²) in [5.41, 5.74) is 0. The number of ether oxygens (including phenoxy) is 1. The minimum absolute atomic E-state index is 0.783. The molecule has 0 N–H and O–H groups in total. The van der Waals surface area contributed by atoms with Crippen LogP contribution in [-0.2, 0) is 0 Å². The number of rotatable bonds is 8. The highest BCUT2D eigenvalue weighted by atomic mass is 79.9. The van der Waals surface area contributed by atoms with Crippen LogP contribution in [-0.4, -0.2) is 30.6 Å². The molecule has 3 heteroatoms. The van der Waals surface area contributed by atoms with Crippen LogP contribution >= 0.6 is 15.9 Å². The first kappa shape index (κ1) is 14.9. The molecule has 0 aliphatic heterocycles. The van der Waals surface area contributed by atoms with E-state index in [1.54, 1.807) is 0 Å². The fourth-order valence-corrected chi connectivity index (χ4v) is 2.56. The number of nitrogens with zero attached hydrogens (tertiary/aromatic N) is 1. The van der Waals surface area contributed by atoms with Crippen molar-refractivity contribution >= 4 is 15.9 Å². The van der Waals surface area contributed by atoms with Crippen LogP contribution in [0, 0.1) is 5.92 Å². The number of benzene rings is 1. The molecule has 1 fully saturated rings. The van der Waals surface area contributed by atoms with Crippen molar-refractivity contribution in [2.24, 2.45) is 5.92 Å². The largest absolute Gasteiger partial charge is 0.492 e. The standard InChI is InChI=1S/C16H24BrNO/c1-13(2)8-9-18(15-6-7-15)10-11-19-16-5-3-4-14(17)12-16/h3-5,12-13,15H,6-11H2,1-2H3. The van der Waals surface area contributed by atoms with Gasteiger partial charge < -0.3 is 4.74 Å². The van der Waals surface area contributed by atoms with Crippen LogP contribution in [0.2, 0.25) is 0 Å². The van der Waals surface area contributed by atoms with Crippen molar-refractivity contribution in [2.75, 3.05) is 19.7 Å². The predicted molar refractivity (Wildman–Crippen MR) is 83.7 cm³/mol. The van der Waals surface area contributed by atoms with Crippen molar-refractivity contribution in [3.63, 3.8) is 0 Å². The third-order valence-electron chi connectivity index (χ3n) is 3.50. The zero-order valence-corrected chi connectivity index (χ0v) is 13.5. The van der Waals surface area contributed by atoms with Crippen molar-refractivity contribution in [3.05, 3.63) is 28.7 Å². The van der Waals surface area contributed by atoms with Crippen LogP contribution in [0.25, 0.3) is 0 Å². The first-order chi connectivity index (χ1) is 9.15. The SMILES string of the molecule is CC(C)CCN(CCOc1cccc(Br)c1)C1CC1. The Hall–Kier alpha value is -0.540. The summed E-state index contributed by atoms with van der Waals surface area (Å²) in [6, 6.07) is 8.89. The zero-order valence-electron chi connectivity index (χ0n) is 11.9. The Kier molecular flexibility index (Phi) is 5.71. The van der Waals surface area contributed by atoms with Gasteiger partial charge in [0.05, 0.1) is 0 Å². The van der Waals surface area contributed by atoms with Gasteiger partial charge in [-0.2, -0.15) is 0 Å². The fraction of sp³-hybridized carbons (Fsp3) is 0.625. The smallest absolute Gasteiger partial charge is 0.120 e. The highest BCUT2D eigenvalue weighted by Crippen LogP contribution is 2.27. The molecule has 1 aliphatic rings. The summed E-state index contributed by atoms with van der Waals surface area (Å²) in [7, 11) is 0. The lowest BCUT2D eigenvalue weighted by atomic mass is 10.1. The Morgan fingerprint density at radius 3 is 2.74 bits per heavy atom. The Bertz CT molecular complexity index is 390. The van der Waals surface area contributed by atoms with Crippen molar-refractivity contribution in [1.29, 1.82) is 0 Å². The van der Waals surface area contributed by atoms with Gasteiger partial charge in [0.2, 0.25) is 0 Å². The molecule has 0 bridgehead atoms. The average Bonchev–Trinajstić information content (AvgIpc) is 3.17. The molecule has 0 unspecified atom stereocenters. The van der Waals surface area contributed by atoms with Gasteiger partial charge in [-0.05, 0) is 49.9 Å². The number of hydrogen-bond donors (Lipinski definition) is 0. The average molecular weight is 326 g/mol. The van der Waals surface area contributed by atoms with Crippen molar-refractivity contribution in [3.8, 4) is 5.75 Å². The first-order valence-corrected chi connectivity index (χ1v) is 8.07. The van der Waals surface area contributed by atoms with Gasteiger partial charge in [-0.25, -0.2) is 0 Å². The van der Waals surface area contributed by atoms with E-state index in [1.807, 2.05) is 24.3 Å². The van der Waals surface area contributed by atoms with Gasteiger partial charge in [-0.3, -0.25) is 4.90 Å². The van der Waals surface area contributed by atoms with Crippen molar-refractivity contribution in [2.45, 2.75) is 39.2 Å². The molecule has 2 rings (SSSR count). The van der Waals surface area contributed by atoms with Gasteiger partial charge in [-0.1, -0.05) is 35.8 Å². The van der Waals surface area contributed by atoms with Crippen LogP contribution in [0.3, 0.4) is 0 Å². The minimum atomic E-state index is 0.783. The summed E-state index contributed by atoms with van der Waals surface area (Å²) < 4.78 is 6.90. The molecule has 1 saturated carbocycles. The van der Waals surface area contributed by atoms with Gasteiger partial charge in [0.15, 0.2) is 0 Å². The van der Waals surface area contributed by atoms with E-state index in [2.05, 4.69) is 34.7 Å². The second kappa shape index (κ2) is 7.30. The fourth-order valence-electron chi connectivity index (χ4n) is 2.18. The highest BCUT2D eigenvalue weighted by Gasteiger charge is 2.28. The lowest BCUT2D eigenvalue weighted by Gasteiger charge is -2.23. The highest BCUT2D eigenvalue weighted by molar-refractivity contribution is 9.10.